The molecular formula is C23H33Cl2N3O5S. The fraction of sp³-hybridized carbons (Fsp3) is 0.435. The number of methoxy groups -OCH3 is 1. The number of thiazole rings is 1. The molecule has 0 fully saturated rings. The predicted molar refractivity (Wildman–Crippen MR) is 140 cm³/mol. The first kappa shape index (κ1) is 30.3. The Labute approximate surface area is 215 Å². The largest absolute Gasteiger partial charge is 0.506 e. The number of fused-ring (bicyclic) bond motifs is 1. The number of phenolic OH excluding ortho intramolecular Hbond substituents is 1. The topological polar surface area (TPSA) is 127 Å². The summed E-state index contributed by atoms with van der Waals surface area (Å²) in [5, 5.41) is 36.9. The number of aromatic nitrogens is 1. The summed E-state index contributed by atoms with van der Waals surface area (Å²) in [5.41, 5.74) is 2.86. The van der Waals surface area contributed by atoms with Gasteiger partial charge in [0.15, 0.2) is 0 Å². The molecule has 0 atom stereocenters. The van der Waals surface area contributed by atoms with Gasteiger partial charge in [0.2, 0.25) is 5.91 Å². The van der Waals surface area contributed by atoms with Gasteiger partial charge in [-0.2, -0.15) is 0 Å². The van der Waals surface area contributed by atoms with Gasteiger partial charge in [0, 0.05) is 33.2 Å². The zero-order valence-corrected chi connectivity index (χ0v) is 21.8. The Bertz CT molecular complexity index is 1120. The molecule has 1 heterocycles. The van der Waals surface area contributed by atoms with Crippen molar-refractivity contribution < 1.29 is 20.1 Å². The molecule has 2 aromatic carbocycles. The number of hydrogen-bond donors (Lipinski definition) is 6. The van der Waals surface area contributed by atoms with Crippen molar-refractivity contribution in [1.29, 1.82) is 0 Å². The van der Waals surface area contributed by atoms with Crippen LogP contribution >= 0.6 is 36.2 Å². The molecule has 1 aromatic heterocycles. The normalized spacial score (nSPS) is 11.8. The maximum atomic E-state index is 11.6. The molecule has 34 heavy (non-hydrogen) atoms. The minimum atomic E-state index is -2.15. The highest BCUT2D eigenvalue weighted by atomic mass is 35.5. The van der Waals surface area contributed by atoms with Crippen LogP contribution in [0.3, 0.4) is 0 Å². The second-order valence-corrected chi connectivity index (χ2v) is 9.50. The van der Waals surface area contributed by atoms with E-state index in [2.05, 4.69) is 21.7 Å². The number of ether oxygens (including phenoxy) is 1. The molecule has 0 spiro atoms. The van der Waals surface area contributed by atoms with E-state index in [9.17, 15) is 20.1 Å². The number of phenols is 1. The molecule has 0 aliphatic carbocycles. The number of aromatic hydroxyl groups is 1. The molecule has 0 saturated carbocycles. The van der Waals surface area contributed by atoms with Crippen LogP contribution in [0.5, 0.6) is 5.75 Å². The van der Waals surface area contributed by atoms with Crippen LogP contribution in [0.25, 0.3) is 10.2 Å². The van der Waals surface area contributed by atoms with Crippen LogP contribution in [-0.2, 0) is 24.1 Å². The van der Waals surface area contributed by atoms with Crippen LogP contribution in [0.4, 0.5) is 0 Å². The lowest BCUT2D eigenvalue weighted by Crippen LogP contribution is -2.47. The van der Waals surface area contributed by atoms with Crippen LogP contribution < -0.4 is 15.5 Å². The highest BCUT2D eigenvalue weighted by Gasteiger charge is 2.25. The first-order valence-electron chi connectivity index (χ1n) is 10.5. The van der Waals surface area contributed by atoms with Gasteiger partial charge < -0.3 is 30.4 Å². The first-order chi connectivity index (χ1) is 15.1. The molecule has 190 valence electrons. The van der Waals surface area contributed by atoms with Crippen LogP contribution in [0.2, 0.25) is 0 Å². The SMILES string of the molecule is COC(C)(C)CNCc1cccc(CCNC(O)(O)Cc2ccc(O)c3[nH]c(=O)sc23)c1.Cl.Cl. The molecule has 11 heteroatoms. The smallest absolute Gasteiger partial charge is 0.305 e. The van der Waals surface area contributed by atoms with Gasteiger partial charge in [0.25, 0.3) is 0 Å². The number of rotatable bonds is 11. The van der Waals surface area contributed by atoms with E-state index < -0.39 is 5.91 Å². The van der Waals surface area contributed by atoms with E-state index >= 15 is 0 Å². The molecule has 0 saturated heterocycles. The third kappa shape index (κ3) is 8.51. The number of aliphatic hydroxyl groups is 2. The first-order valence-corrected chi connectivity index (χ1v) is 11.3. The van der Waals surface area contributed by atoms with Crippen molar-refractivity contribution in [3.8, 4) is 5.75 Å². The molecular weight excluding hydrogens is 501 g/mol. The Morgan fingerprint density at radius 1 is 1.12 bits per heavy atom. The van der Waals surface area contributed by atoms with Crippen LogP contribution in [0, 0.1) is 0 Å². The quantitative estimate of drug-likeness (QED) is 0.209. The minimum Gasteiger partial charge on any atom is -0.506 e. The average molecular weight is 535 g/mol. The molecule has 0 unspecified atom stereocenters. The van der Waals surface area contributed by atoms with E-state index in [4.69, 9.17) is 4.74 Å². The molecule has 8 nitrogen and oxygen atoms in total. The molecule has 0 amide bonds. The number of benzene rings is 2. The zero-order chi connectivity index (χ0) is 23.4. The van der Waals surface area contributed by atoms with E-state index in [0.717, 1.165) is 29.0 Å². The molecule has 0 aliphatic rings. The Balaban J connectivity index is 0.00000289. The fourth-order valence-corrected chi connectivity index (χ4v) is 4.29. The third-order valence-electron chi connectivity index (χ3n) is 5.32. The molecule has 0 bridgehead atoms. The van der Waals surface area contributed by atoms with E-state index in [0.29, 0.717) is 35.3 Å². The van der Waals surface area contributed by atoms with Gasteiger partial charge in [-0.1, -0.05) is 41.7 Å². The van der Waals surface area contributed by atoms with Crippen molar-refractivity contribution in [3.63, 3.8) is 0 Å². The summed E-state index contributed by atoms with van der Waals surface area (Å²) in [6.45, 7) is 5.85. The standard InChI is InChI=1S/C23H31N3O5S.2ClH/c1-22(2,31-3)14-24-13-16-6-4-5-15(11-16)9-10-25-23(29,30)12-17-7-8-18(27)19-20(17)32-21(28)26-19;;/h4-8,11,24-25,27,29-30H,9-10,12-14H2,1-3H3,(H,26,28);2*1H. The van der Waals surface area contributed by atoms with Gasteiger partial charge in [0.05, 0.1) is 10.3 Å². The van der Waals surface area contributed by atoms with Crippen molar-refractivity contribution in [1.82, 2.24) is 15.6 Å². The lowest BCUT2D eigenvalue weighted by molar-refractivity contribution is -0.183. The molecule has 3 aromatic rings. The van der Waals surface area contributed by atoms with Crippen LogP contribution in [0.1, 0.15) is 30.5 Å². The summed E-state index contributed by atoms with van der Waals surface area (Å²) in [7, 11) is 1.70. The lowest BCUT2D eigenvalue weighted by Gasteiger charge is -2.24. The van der Waals surface area contributed by atoms with Crippen LogP contribution in [-0.4, -0.2) is 52.0 Å². The number of hydrogen-bond acceptors (Lipinski definition) is 8. The van der Waals surface area contributed by atoms with Gasteiger partial charge in [-0.25, -0.2) is 0 Å². The Morgan fingerprint density at radius 3 is 2.53 bits per heavy atom. The van der Waals surface area contributed by atoms with Crippen LogP contribution in [0.15, 0.2) is 41.2 Å². The van der Waals surface area contributed by atoms with Gasteiger partial charge in [-0.05, 0) is 43.0 Å². The fourth-order valence-electron chi connectivity index (χ4n) is 3.42. The molecule has 6 N–H and O–H groups in total. The summed E-state index contributed by atoms with van der Waals surface area (Å²) in [6.07, 6.45) is 0.486. The van der Waals surface area contributed by atoms with Gasteiger partial charge >= 0.3 is 4.87 Å². The molecule has 0 radical (unpaired) electrons. The molecule has 3 rings (SSSR count). The minimum absolute atomic E-state index is 0. The van der Waals surface area contributed by atoms with Gasteiger partial charge in [-0.15, -0.1) is 24.8 Å². The van der Waals surface area contributed by atoms with Crippen molar-refractivity contribution in [2.75, 3.05) is 20.2 Å². The van der Waals surface area contributed by atoms with Crippen molar-refractivity contribution in [2.24, 2.45) is 0 Å². The second kappa shape index (κ2) is 12.9. The Morgan fingerprint density at radius 2 is 1.82 bits per heavy atom. The second-order valence-electron chi connectivity index (χ2n) is 8.52. The van der Waals surface area contributed by atoms with E-state index in [1.807, 2.05) is 32.0 Å². The summed E-state index contributed by atoms with van der Waals surface area (Å²) in [5.74, 6) is -2.20. The maximum absolute atomic E-state index is 11.6. The number of aromatic amines is 1. The molecule has 0 aliphatic heterocycles. The lowest BCUT2D eigenvalue weighted by atomic mass is 10.1. The monoisotopic (exact) mass is 533 g/mol. The third-order valence-corrected chi connectivity index (χ3v) is 6.28. The van der Waals surface area contributed by atoms with E-state index in [1.54, 1.807) is 13.2 Å². The summed E-state index contributed by atoms with van der Waals surface area (Å²) in [4.78, 5) is 13.9. The highest BCUT2D eigenvalue weighted by molar-refractivity contribution is 7.16. The van der Waals surface area contributed by atoms with E-state index in [1.165, 1.54) is 6.07 Å². The summed E-state index contributed by atoms with van der Waals surface area (Å²) in [6, 6.07) is 11.1. The summed E-state index contributed by atoms with van der Waals surface area (Å²) >= 11 is 0.930. The predicted octanol–water partition coefficient (Wildman–Crippen LogP) is 2.67. The van der Waals surface area contributed by atoms with Gasteiger partial charge in [0.1, 0.15) is 11.3 Å². The number of H-pyrrole nitrogens is 1. The van der Waals surface area contributed by atoms with Crippen molar-refractivity contribution >= 4 is 46.4 Å². The number of nitrogens with one attached hydrogen (secondary N) is 3. The van der Waals surface area contributed by atoms with Crippen molar-refractivity contribution in [2.45, 2.75) is 44.7 Å². The maximum Gasteiger partial charge on any atom is 0.305 e. The highest BCUT2D eigenvalue weighted by Crippen LogP contribution is 2.29. The number of halogens is 2. The van der Waals surface area contributed by atoms with E-state index in [-0.39, 0.29) is 47.5 Å². The zero-order valence-electron chi connectivity index (χ0n) is 19.4. The van der Waals surface area contributed by atoms with Gasteiger partial charge in [-0.3, -0.25) is 10.1 Å². The Hall–Kier alpha value is -1.69. The summed E-state index contributed by atoms with van der Waals surface area (Å²) < 4.78 is 5.93. The van der Waals surface area contributed by atoms with Crippen molar-refractivity contribution in [3.05, 3.63) is 62.8 Å². The average Bonchev–Trinajstić information content (AvgIpc) is 3.13. The Kier molecular flexibility index (Phi) is 11.5.